The van der Waals surface area contributed by atoms with Gasteiger partial charge < -0.3 is 14.0 Å². The number of carbonyl (C=O) groups excluding carboxylic acids is 1. The molecule has 5 nitrogen and oxygen atoms in total. The maximum Gasteiger partial charge on any atom is 0.307 e. The zero-order valence-corrected chi connectivity index (χ0v) is 11.9. The van der Waals surface area contributed by atoms with Crippen LogP contribution in [0.3, 0.4) is 0 Å². The molecule has 6 heteroatoms. The van der Waals surface area contributed by atoms with Crippen molar-refractivity contribution >= 4 is 17.7 Å². The van der Waals surface area contributed by atoms with Gasteiger partial charge in [-0.3, -0.25) is 4.79 Å². The van der Waals surface area contributed by atoms with E-state index in [2.05, 4.69) is 5.16 Å². The monoisotopic (exact) mass is 293 g/mol. The van der Waals surface area contributed by atoms with E-state index in [0.717, 1.165) is 4.90 Å². The lowest BCUT2D eigenvalue weighted by molar-refractivity contribution is -0.145. The molecule has 2 aromatic rings. The Morgan fingerprint density at radius 2 is 2.15 bits per heavy atom. The molecule has 0 fully saturated rings. The number of ether oxygens (including phenoxy) is 2. The Bertz CT molecular complexity index is 541. The molecule has 0 saturated carbocycles. The van der Waals surface area contributed by atoms with Gasteiger partial charge in [0.05, 0.1) is 13.5 Å². The highest BCUT2D eigenvalue weighted by molar-refractivity contribution is 7.99. The summed E-state index contributed by atoms with van der Waals surface area (Å²) in [5.74, 6) is 1.26. The molecule has 20 heavy (non-hydrogen) atoms. The average Bonchev–Trinajstić information content (AvgIpc) is 2.94. The van der Waals surface area contributed by atoms with Crippen molar-refractivity contribution < 1.29 is 18.8 Å². The van der Waals surface area contributed by atoms with Gasteiger partial charge in [-0.2, -0.15) is 0 Å². The van der Waals surface area contributed by atoms with E-state index in [-0.39, 0.29) is 12.6 Å². The Kier molecular flexibility index (Phi) is 5.49. The minimum Gasteiger partial charge on any atom is -0.479 e. The predicted molar refractivity (Wildman–Crippen MR) is 74.6 cm³/mol. The second kappa shape index (κ2) is 7.59. The van der Waals surface area contributed by atoms with Crippen LogP contribution in [0.1, 0.15) is 12.2 Å². The van der Waals surface area contributed by atoms with Gasteiger partial charge in [0, 0.05) is 16.7 Å². The lowest BCUT2D eigenvalue weighted by Crippen LogP contribution is -2.05. The van der Waals surface area contributed by atoms with Crippen molar-refractivity contribution in [1.29, 1.82) is 0 Å². The smallest absolute Gasteiger partial charge is 0.307 e. The van der Waals surface area contributed by atoms with Gasteiger partial charge in [-0.15, -0.1) is 11.8 Å². The van der Waals surface area contributed by atoms with Crippen molar-refractivity contribution in [2.75, 3.05) is 12.9 Å². The van der Waals surface area contributed by atoms with E-state index in [0.29, 0.717) is 23.8 Å². The summed E-state index contributed by atoms with van der Waals surface area (Å²) >= 11 is 1.62. The molecule has 0 atom stereocenters. The van der Waals surface area contributed by atoms with E-state index < -0.39 is 0 Å². The molecule has 0 spiro atoms. The minimum atomic E-state index is -0.260. The quantitative estimate of drug-likeness (QED) is 0.578. The van der Waals surface area contributed by atoms with Crippen LogP contribution in [0.4, 0.5) is 0 Å². The van der Waals surface area contributed by atoms with Crippen molar-refractivity contribution in [3.8, 4) is 5.88 Å². The van der Waals surface area contributed by atoms with Crippen LogP contribution in [0.25, 0.3) is 0 Å². The number of thioether (sulfide) groups is 1. The van der Waals surface area contributed by atoms with Crippen LogP contribution in [0.2, 0.25) is 0 Å². The number of methoxy groups -OCH3 is 1. The SMILES string of the molecule is COc1cc(COC(=O)CCSc2ccccc2)on1. The summed E-state index contributed by atoms with van der Waals surface area (Å²) < 4.78 is 14.9. The first-order valence-electron chi connectivity index (χ1n) is 6.11. The molecule has 1 heterocycles. The fraction of sp³-hybridized carbons (Fsp3) is 0.286. The zero-order valence-electron chi connectivity index (χ0n) is 11.1. The van der Waals surface area contributed by atoms with Gasteiger partial charge >= 0.3 is 5.97 Å². The van der Waals surface area contributed by atoms with Gasteiger partial charge in [0.2, 0.25) is 0 Å². The minimum absolute atomic E-state index is 0.0746. The molecule has 0 aliphatic heterocycles. The lowest BCUT2D eigenvalue weighted by Gasteiger charge is -2.02. The zero-order chi connectivity index (χ0) is 14.2. The number of rotatable bonds is 7. The van der Waals surface area contributed by atoms with Gasteiger partial charge in [0.1, 0.15) is 0 Å². The Balaban J connectivity index is 1.65. The standard InChI is InChI=1S/C14H15NO4S/c1-17-13-9-11(19-15-13)10-18-14(16)7-8-20-12-5-3-2-4-6-12/h2-6,9H,7-8,10H2,1H3. The largest absolute Gasteiger partial charge is 0.479 e. The van der Waals surface area contributed by atoms with Crippen LogP contribution >= 0.6 is 11.8 Å². The van der Waals surface area contributed by atoms with Gasteiger partial charge in [0.25, 0.3) is 5.88 Å². The maximum atomic E-state index is 11.6. The summed E-state index contributed by atoms with van der Waals surface area (Å²) in [6.45, 7) is 0.0746. The second-order valence-electron chi connectivity index (χ2n) is 3.91. The Morgan fingerprint density at radius 3 is 2.85 bits per heavy atom. The van der Waals surface area contributed by atoms with Crippen LogP contribution in [0, 0.1) is 0 Å². The van der Waals surface area contributed by atoms with Crippen LogP contribution in [-0.2, 0) is 16.1 Å². The fourth-order valence-electron chi connectivity index (χ4n) is 1.45. The maximum absolute atomic E-state index is 11.6. The van der Waals surface area contributed by atoms with Gasteiger partial charge in [-0.1, -0.05) is 18.2 Å². The van der Waals surface area contributed by atoms with E-state index in [1.807, 2.05) is 30.3 Å². The molecule has 1 aromatic carbocycles. The molecule has 0 amide bonds. The van der Waals surface area contributed by atoms with Gasteiger partial charge in [0.15, 0.2) is 12.4 Å². The fourth-order valence-corrected chi connectivity index (χ4v) is 2.30. The van der Waals surface area contributed by atoms with Crippen LogP contribution < -0.4 is 4.74 Å². The summed E-state index contributed by atoms with van der Waals surface area (Å²) in [7, 11) is 1.49. The molecule has 0 radical (unpaired) electrons. The topological polar surface area (TPSA) is 61.6 Å². The molecular formula is C14H15NO4S. The molecule has 1 aromatic heterocycles. The van der Waals surface area contributed by atoms with Crippen LogP contribution in [0.15, 0.2) is 45.8 Å². The third-order valence-corrected chi connectivity index (χ3v) is 3.45. The third-order valence-electron chi connectivity index (χ3n) is 2.44. The normalized spacial score (nSPS) is 10.2. The van der Waals surface area contributed by atoms with Gasteiger partial charge in [-0.25, -0.2) is 0 Å². The Hall–Kier alpha value is -1.95. The highest BCUT2D eigenvalue weighted by Crippen LogP contribution is 2.18. The van der Waals surface area contributed by atoms with Crippen LogP contribution in [-0.4, -0.2) is 24.0 Å². The molecule has 0 bridgehead atoms. The highest BCUT2D eigenvalue weighted by Gasteiger charge is 2.08. The van der Waals surface area contributed by atoms with Crippen molar-refractivity contribution in [3.63, 3.8) is 0 Å². The first-order chi connectivity index (χ1) is 9.78. The number of benzene rings is 1. The number of hydrogen-bond donors (Lipinski definition) is 0. The lowest BCUT2D eigenvalue weighted by atomic mass is 10.4. The first kappa shape index (κ1) is 14.5. The molecule has 0 N–H and O–H groups in total. The highest BCUT2D eigenvalue weighted by atomic mass is 32.2. The van der Waals surface area contributed by atoms with Crippen molar-refractivity contribution in [1.82, 2.24) is 5.16 Å². The summed E-state index contributed by atoms with van der Waals surface area (Å²) in [5.41, 5.74) is 0. The Morgan fingerprint density at radius 1 is 1.35 bits per heavy atom. The second-order valence-corrected chi connectivity index (χ2v) is 5.08. The number of esters is 1. The first-order valence-corrected chi connectivity index (χ1v) is 7.09. The van der Waals surface area contributed by atoms with E-state index in [1.165, 1.54) is 7.11 Å². The predicted octanol–water partition coefficient (Wildman–Crippen LogP) is 2.91. The summed E-state index contributed by atoms with van der Waals surface area (Å²) in [6, 6.07) is 11.5. The molecule has 0 saturated heterocycles. The number of nitrogens with zero attached hydrogens (tertiary/aromatic N) is 1. The number of carbonyl (C=O) groups is 1. The third kappa shape index (κ3) is 4.62. The van der Waals surface area contributed by atoms with Crippen LogP contribution in [0.5, 0.6) is 5.88 Å². The molecular weight excluding hydrogens is 278 g/mol. The molecule has 0 unspecified atom stereocenters. The summed E-state index contributed by atoms with van der Waals surface area (Å²) in [5, 5.41) is 3.62. The molecule has 106 valence electrons. The van der Waals surface area contributed by atoms with E-state index >= 15 is 0 Å². The number of hydrogen-bond acceptors (Lipinski definition) is 6. The van der Waals surface area contributed by atoms with E-state index in [4.69, 9.17) is 14.0 Å². The van der Waals surface area contributed by atoms with Crippen molar-refractivity contribution in [2.45, 2.75) is 17.9 Å². The van der Waals surface area contributed by atoms with E-state index in [9.17, 15) is 4.79 Å². The molecule has 0 aliphatic rings. The van der Waals surface area contributed by atoms with E-state index in [1.54, 1.807) is 17.8 Å². The summed E-state index contributed by atoms with van der Waals surface area (Å²) in [6.07, 6.45) is 0.352. The number of aromatic nitrogens is 1. The molecule has 0 aliphatic carbocycles. The summed E-state index contributed by atoms with van der Waals surface area (Å²) in [4.78, 5) is 12.7. The van der Waals surface area contributed by atoms with Crippen molar-refractivity contribution in [2.24, 2.45) is 0 Å². The molecule has 2 rings (SSSR count). The Labute approximate surface area is 121 Å². The van der Waals surface area contributed by atoms with Gasteiger partial charge in [-0.05, 0) is 17.3 Å². The average molecular weight is 293 g/mol. The van der Waals surface area contributed by atoms with Crippen molar-refractivity contribution in [3.05, 3.63) is 42.2 Å².